The minimum atomic E-state index is -0.0500. The standard InChI is InChI=1S/C21H41NO.C5H9NO/c1-3-5-6-7-8-9-10-11-12-13-14-15-16-17-18-19-20-22-21(23)4-2;1-4-6(3)5(2)7/h4H,2-3,5-20H2,1H3,(H,22,23);4H,1H2,2-3H3. The first-order valence-electron chi connectivity index (χ1n) is 12.3. The molecule has 0 saturated heterocycles. The zero-order chi connectivity index (χ0) is 22.9. The monoisotopic (exact) mass is 422 g/mol. The lowest BCUT2D eigenvalue weighted by Crippen LogP contribution is -2.21. The van der Waals surface area contributed by atoms with Crippen molar-refractivity contribution in [3.63, 3.8) is 0 Å². The summed E-state index contributed by atoms with van der Waals surface area (Å²) in [5.41, 5.74) is 0. The number of nitrogens with zero attached hydrogens (tertiary/aromatic N) is 1. The van der Waals surface area contributed by atoms with E-state index >= 15 is 0 Å². The van der Waals surface area contributed by atoms with Crippen molar-refractivity contribution in [2.24, 2.45) is 0 Å². The van der Waals surface area contributed by atoms with Crippen molar-refractivity contribution < 1.29 is 9.59 Å². The Hall–Kier alpha value is -1.58. The summed E-state index contributed by atoms with van der Waals surface area (Å²) >= 11 is 0. The van der Waals surface area contributed by atoms with Gasteiger partial charge in [0, 0.05) is 20.5 Å². The van der Waals surface area contributed by atoms with Gasteiger partial charge >= 0.3 is 0 Å². The van der Waals surface area contributed by atoms with Crippen molar-refractivity contribution in [3.8, 4) is 0 Å². The minimum absolute atomic E-state index is 0.00926. The molecule has 0 atom stereocenters. The predicted octanol–water partition coefficient (Wildman–Crippen LogP) is 7.16. The average molecular weight is 423 g/mol. The maximum atomic E-state index is 10.9. The largest absolute Gasteiger partial charge is 0.353 e. The van der Waals surface area contributed by atoms with Gasteiger partial charge in [-0.2, -0.15) is 0 Å². The van der Waals surface area contributed by atoms with E-state index in [-0.39, 0.29) is 11.8 Å². The lowest BCUT2D eigenvalue weighted by molar-refractivity contribution is -0.125. The fourth-order valence-corrected chi connectivity index (χ4v) is 3.09. The lowest BCUT2D eigenvalue weighted by atomic mass is 10.0. The molecule has 4 nitrogen and oxygen atoms in total. The van der Waals surface area contributed by atoms with Crippen LogP contribution in [-0.2, 0) is 9.59 Å². The van der Waals surface area contributed by atoms with Gasteiger partial charge in [0.1, 0.15) is 0 Å². The Bertz CT molecular complexity index is 421. The molecule has 0 aromatic heterocycles. The van der Waals surface area contributed by atoms with E-state index in [0.717, 1.165) is 13.0 Å². The van der Waals surface area contributed by atoms with E-state index in [2.05, 4.69) is 25.4 Å². The van der Waals surface area contributed by atoms with Gasteiger partial charge in [0.15, 0.2) is 0 Å². The zero-order valence-electron chi connectivity index (χ0n) is 20.4. The van der Waals surface area contributed by atoms with Crippen LogP contribution in [0.25, 0.3) is 0 Å². The molecule has 1 N–H and O–H groups in total. The molecule has 0 radical (unpaired) electrons. The molecular formula is C26H50N2O2. The Kier molecular flexibility index (Phi) is 26.0. The van der Waals surface area contributed by atoms with Gasteiger partial charge in [-0.1, -0.05) is 116 Å². The molecule has 0 fully saturated rings. The highest BCUT2D eigenvalue weighted by Crippen LogP contribution is 2.13. The Labute approximate surface area is 187 Å². The SMILES string of the molecule is C=CC(=O)NCCCCCCCCCCCCCCCCCC.C=CN(C)C(C)=O. The van der Waals surface area contributed by atoms with Gasteiger partial charge in [0.25, 0.3) is 0 Å². The Morgan fingerprint density at radius 3 is 1.37 bits per heavy atom. The molecule has 0 bridgehead atoms. The van der Waals surface area contributed by atoms with E-state index in [4.69, 9.17) is 0 Å². The Balaban J connectivity index is 0. The Morgan fingerprint density at radius 2 is 1.10 bits per heavy atom. The van der Waals surface area contributed by atoms with Gasteiger partial charge in [-0.05, 0) is 18.7 Å². The van der Waals surface area contributed by atoms with Crippen molar-refractivity contribution in [1.29, 1.82) is 0 Å². The predicted molar refractivity (Wildman–Crippen MR) is 131 cm³/mol. The van der Waals surface area contributed by atoms with Crippen molar-refractivity contribution in [3.05, 3.63) is 25.4 Å². The minimum Gasteiger partial charge on any atom is -0.353 e. The molecule has 0 aliphatic heterocycles. The number of amides is 2. The first-order valence-corrected chi connectivity index (χ1v) is 12.3. The second-order valence-corrected chi connectivity index (χ2v) is 8.11. The molecule has 0 aliphatic rings. The van der Waals surface area contributed by atoms with E-state index in [1.165, 1.54) is 120 Å². The number of hydrogen-bond donors (Lipinski definition) is 1. The molecule has 0 aliphatic carbocycles. The van der Waals surface area contributed by atoms with E-state index in [0.29, 0.717) is 0 Å². The summed E-state index contributed by atoms with van der Waals surface area (Å²) in [6.07, 6.45) is 24.9. The molecule has 0 saturated carbocycles. The van der Waals surface area contributed by atoms with E-state index in [1.54, 1.807) is 7.05 Å². The van der Waals surface area contributed by atoms with E-state index in [9.17, 15) is 9.59 Å². The maximum absolute atomic E-state index is 10.9. The normalized spacial score (nSPS) is 9.97. The molecule has 176 valence electrons. The number of carbonyl (C=O) groups excluding carboxylic acids is 2. The molecule has 0 aromatic carbocycles. The van der Waals surface area contributed by atoms with Gasteiger partial charge < -0.3 is 10.2 Å². The maximum Gasteiger partial charge on any atom is 0.243 e. The molecular weight excluding hydrogens is 372 g/mol. The van der Waals surface area contributed by atoms with E-state index in [1.807, 2.05) is 0 Å². The van der Waals surface area contributed by atoms with Crippen LogP contribution in [0.4, 0.5) is 0 Å². The summed E-state index contributed by atoms with van der Waals surface area (Å²) in [6, 6.07) is 0. The van der Waals surface area contributed by atoms with Crippen molar-refractivity contribution >= 4 is 11.8 Å². The molecule has 0 unspecified atom stereocenters. The fourth-order valence-electron chi connectivity index (χ4n) is 3.09. The molecule has 0 heterocycles. The average Bonchev–Trinajstić information content (AvgIpc) is 2.75. The number of rotatable bonds is 19. The summed E-state index contributed by atoms with van der Waals surface area (Å²) < 4.78 is 0. The van der Waals surface area contributed by atoms with Gasteiger partial charge in [0.05, 0.1) is 0 Å². The Morgan fingerprint density at radius 1 is 0.733 bits per heavy atom. The highest BCUT2D eigenvalue weighted by Gasteiger charge is 1.95. The molecule has 30 heavy (non-hydrogen) atoms. The van der Waals surface area contributed by atoms with Crippen molar-refractivity contribution in [2.75, 3.05) is 13.6 Å². The first kappa shape index (κ1) is 30.6. The molecule has 0 rings (SSSR count). The quantitative estimate of drug-likeness (QED) is 0.177. The van der Waals surface area contributed by atoms with Crippen LogP contribution >= 0.6 is 0 Å². The van der Waals surface area contributed by atoms with E-state index < -0.39 is 0 Å². The number of carbonyl (C=O) groups is 2. The molecule has 2 amide bonds. The van der Waals surface area contributed by atoms with Crippen LogP contribution in [0.15, 0.2) is 25.4 Å². The van der Waals surface area contributed by atoms with Crippen LogP contribution < -0.4 is 5.32 Å². The van der Waals surface area contributed by atoms with Crippen LogP contribution in [-0.4, -0.2) is 30.3 Å². The molecule has 4 heteroatoms. The zero-order valence-corrected chi connectivity index (χ0v) is 20.4. The summed E-state index contributed by atoms with van der Waals surface area (Å²) in [6.45, 7) is 11.4. The van der Waals surface area contributed by atoms with Crippen LogP contribution in [0, 0.1) is 0 Å². The van der Waals surface area contributed by atoms with Gasteiger partial charge in [-0.3, -0.25) is 9.59 Å². The van der Waals surface area contributed by atoms with Gasteiger partial charge in [-0.15, -0.1) is 0 Å². The van der Waals surface area contributed by atoms with Gasteiger partial charge in [-0.25, -0.2) is 0 Å². The van der Waals surface area contributed by atoms with Crippen LogP contribution in [0.2, 0.25) is 0 Å². The van der Waals surface area contributed by atoms with Crippen LogP contribution in [0.1, 0.15) is 117 Å². The fraction of sp³-hybridized carbons (Fsp3) is 0.769. The topological polar surface area (TPSA) is 49.4 Å². The third-order valence-corrected chi connectivity index (χ3v) is 5.29. The number of nitrogens with one attached hydrogen (secondary N) is 1. The van der Waals surface area contributed by atoms with Crippen molar-refractivity contribution in [1.82, 2.24) is 10.2 Å². The number of unbranched alkanes of at least 4 members (excludes halogenated alkanes) is 15. The van der Waals surface area contributed by atoms with Crippen LogP contribution in [0.5, 0.6) is 0 Å². The smallest absolute Gasteiger partial charge is 0.243 e. The summed E-state index contributed by atoms with van der Waals surface area (Å²) in [7, 11) is 1.66. The second kappa shape index (κ2) is 25.5. The van der Waals surface area contributed by atoms with Crippen LogP contribution in [0.3, 0.4) is 0 Å². The molecule has 0 aromatic rings. The molecule has 0 spiro atoms. The summed E-state index contributed by atoms with van der Waals surface area (Å²) in [5.74, 6) is -0.0408. The third kappa shape index (κ3) is 26.4. The highest BCUT2D eigenvalue weighted by atomic mass is 16.2. The second-order valence-electron chi connectivity index (χ2n) is 8.11. The van der Waals surface area contributed by atoms with Gasteiger partial charge in [0.2, 0.25) is 11.8 Å². The third-order valence-electron chi connectivity index (χ3n) is 5.29. The first-order chi connectivity index (χ1) is 14.5. The highest BCUT2D eigenvalue weighted by molar-refractivity contribution is 5.86. The van der Waals surface area contributed by atoms with Crippen molar-refractivity contribution in [2.45, 2.75) is 117 Å². The summed E-state index contributed by atoms with van der Waals surface area (Å²) in [4.78, 5) is 22.6. The number of hydrogen-bond acceptors (Lipinski definition) is 2. The summed E-state index contributed by atoms with van der Waals surface area (Å²) in [5, 5.41) is 2.82. The lowest BCUT2D eigenvalue weighted by Gasteiger charge is -2.04.